The van der Waals surface area contributed by atoms with E-state index in [1.54, 1.807) is 18.2 Å². The number of hydrogen-bond donors (Lipinski definition) is 0. The van der Waals surface area contributed by atoms with Gasteiger partial charge in [0.15, 0.2) is 0 Å². The highest BCUT2D eigenvalue weighted by Crippen LogP contribution is 2.25. The normalized spacial score (nSPS) is 10.3. The van der Waals surface area contributed by atoms with E-state index in [1.807, 2.05) is 30.3 Å². The molecule has 28 heavy (non-hydrogen) atoms. The van der Waals surface area contributed by atoms with Crippen LogP contribution in [0.3, 0.4) is 0 Å². The summed E-state index contributed by atoms with van der Waals surface area (Å²) in [7, 11) is 0. The van der Waals surface area contributed by atoms with Gasteiger partial charge in [-0.25, -0.2) is 4.98 Å². The van der Waals surface area contributed by atoms with Gasteiger partial charge in [0.25, 0.3) is 17.3 Å². The first-order valence-corrected chi connectivity index (χ1v) is 8.16. The molecule has 0 aliphatic rings. The summed E-state index contributed by atoms with van der Waals surface area (Å²) < 4.78 is 0. The fourth-order valence-corrected chi connectivity index (χ4v) is 2.62. The number of rotatable bonds is 6. The van der Waals surface area contributed by atoms with E-state index in [0.29, 0.717) is 5.82 Å². The van der Waals surface area contributed by atoms with E-state index in [-0.39, 0.29) is 12.1 Å². The van der Waals surface area contributed by atoms with Gasteiger partial charge in [0.2, 0.25) is 0 Å². The molecule has 0 unspecified atom stereocenters. The molecule has 0 saturated carbocycles. The Morgan fingerprint density at radius 2 is 1.50 bits per heavy atom. The predicted octanol–water partition coefficient (Wildman–Crippen LogP) is 3.75. The Labute approximate surface area is 159 Å². The fourth-order valence-electron chi connectivity index (χ4n) is 2.62. The van der Waals surface area contributed by atoms with Crippen molar-refractivity contribution in [2.45, 2.75) is 6.54 Å². The summed E-state index contributed by atoms with van der Waals surface area (Å²) >= 11 is 0. The van der Waals surface area contributed by atoms with Gasteiger partial charge in [0.05, 0.1) is 28.0 Å². The molecule has 0 atom stereocenters. The number of aromatic nitrogens is 1. The van der Waals surface area contributed by atoms with Gasteiger partial charge in [0.1, 0.15) is 5.82 Å². The number of amides is 1. The van der Waals surface area contributed by atoms with Crippen molar-refractivity contribution in [3.8, 4) is 0 Å². The summed E-state index contributed by atoms with van der Waals surface area (Å²) in [6, 6.07) is 17.0. The molecule has 0 fully saturated rings. The average molecular weight is 378 g/mol. The number of anilines is 1. The smallest absolute Gasteiger partial charge is 0.277 e. The Kier molecular flexibility index (Phi) is 5.35. The number of hydrogen-bond acceptors (Lipinski definition) is 6. The number of nitrogens with zero attached hydrogens (tertiary/aromatic N) is 4. The maximum Gasteiger partial charge on any atom is 0.277 e. The molecule has 3 aromatic rings. The monoisotopic (exact) mass is 378 g/mol. The quantitative estimate of drug-likeness (QED) is 0.476. The van der Waals surface area contributed by atoms with Crippen LogP contribution >= 0.6 is 0 Å². The first kappa shape index (κ1) is 18.6. The molecule has 0 saturated heterocycles. The van der Waals surface area contributed by atoms with Crippen LogP contribution in [0.5, 0.6) is 0 Å². The lowest BCUT2D eigenvalue weighted by Crippen LogP contribution is -2.31. The van der Waals surface area contributed by atoms with E-state index in [1.165, 1.54) is 11.1 Å². The van der Waals surface area contributed by atoms with Crippen LogP contribution in [0, 0.1) is 20.2 Å². The predicted molar refractivity (Wildman–Crippen MR) is 101 cm³/mol. The molecule has 0 N–H and O–H groups in total. The SMILES string of the molecule is O=C(c1cc([N+](=O)[O-])cc([N+](=O)[O-])c1)N(Cc1ccccc1)c1ccccn1. The average Bonchev–Trinajstić information content (AvgIpc) is 2.72. The van der Waals surface area contributed by atoms with Crippen molar-refractivity contribution in [2.75, 3.05) is 4.90 Å². The van der Waals surface area contributed by atoms with Crippen LogP contribution < -0.4 is 4.90 Å². The van der Waals surface area contributed by atoms with Crippen LogP contribution in [-0.4, -0.2) is 20.7 Å². The second kappa shape index (κ2) is 8.04. The molecule has 0 aliphatic heterocycles. The number of nitro benzene ring substituents is 2. The van der Waals surface area contributed by atoms with Crippen LogP contribution in [-0.2, 0) is 6.54 Å². The summed E-state index contributed by atoms with van der Waals surface area (Å²) in [5.74, 6) is -0.306. The summed E-state index contributed by atoms with van der Waals surface area (Å²) in [6.07, 6.45) is 1.51. The van der Waals surface area contributed by atoms with Gasteiger partial charge in [-0.15, -0.1) is 0 Å². The van der Waals surface area contributed by atoms with E-state index >= 15 is 0 Å². The zero-order chi connectivity index (χ0) is 20.1. The summed E-state index contributed by atoms with van der Waals surface area (Å²) in [5.41, 5.74) is -0.416. The highest BCUT2D eigenvalue weighted by atomic mass is 16.6. The maximum atomic E-state index is 13.1. The van der Waals surface area contributed by atoms with Crippen molar-refractivity contribution in [2.24, 2.45) is 0 Å². The number of benzene rings is 2. The Morgan fingerprint density at radius 1 is 0.893 bits per heavy atom. The Morgan fingerprint density at radius 3 is 2.04 bits per heavy atom. The minimum atomic E-state index is -0.772. The Hall–Kier alpha value is -4.14. The molecule has 9 heteroatoms. The molecule has 1 aromatic heterocycles. The van der Waals surface area contributed by atoms with Gasteiger partial charge in [-0.05, 0) is 17.7 Å². The fraction of sp³-hybridized carbons (Fsp3) is 0.0526. The van der Waals surface area contributed by atoms with Gasteiger partial charge in [-0.1, -0.05) is 36.4 Å². The minimum Gasteiger partial charge on any atom is -0.288 e. The van der Waals surface area contributed by atoms with Gasteiger partial charge in [0, 0.05) is 18.3 Å². The third kappa shape index (κ3) is 4.15. The van der Waals surface area contributed by atoms with E-state index in [2.05, 4.69) is 4.98 Å². The molecule has 9 nitrogen and oxygen atoms in total. The topological polar surface area (TPSA) is 119 Å². The number of carbonyl (C=O) groups excluding carboxylic acids is 1. The van der Waals surface area contributed by atoms with E-state index in [0.717, 1.165) is 23.8 Å². The number of carbonyl (C=O) groups is 1. The molecule has 140 valence electrons. The lowest BCUT2D eigenvalue weighted by Gasteiger charge is -2.22. The number of nitro groups is 2. The van der Waals surface area contributed by atoms with E-state index in [4.69, 9.17) is 0 Å². The molecule has 0 radical (unpaired) electrons. The van der Waals surface area contributed by atoms with Crippen molar-refractivity contribution in [3.05, 3.63) is 104 Å². The first-order chi connectivity index (χ1) is 13.5. The van der Waals surface area contributed by atoms with Gasteiger partial charge >= 0.3 is 0 Å². The molecular weight excluding hydrogens is 364 g/mol. The Balaban J connectivity index is 2.06. The molecule has 0 aliphatic carbocycles. The standard InChI is InChI=1S/C19H14N4O5/c24-19(15-10-16(22(25)26)12-17(11-15)23(27)28)21(18-8-4-5-9-20-18)13-14-6-2-1-3-7-14/h1-12H,13H2. The third-order valence-electron chi connectivity index (χ3n) is 3.93. The zero-order valence-corrected chi connectivity index (χ0v) is 14.5. The van der Waals surface area contributed by atoms with E-state index in [9.17, 15) is 25.0 Å². The van der Waals surface area contributed by atoms with E-state index < -0.39 is 27.1 Å². The molecule has 2 aromatic carbocycles. The van der Waals surface area contributed by atoms with Gasteiger partial charge < -0.3 is 0 Å². The number of non-ortho nitro benzene ring substituents is 2. The molecular formula is C19H14N4O5. The zero-order valence-electron chi connectivity index (χ0n) is 14.5. The molecule has 0 spiro atoms. The summed E-state index contributed by atoms with van der Waals surface area (Å²) in [4.78, 5) is 39.3. The van der Waals surface area contributed by atoms with Crippen LogP contribution in [0.2, 0.25) is 0 Å². The maximum absolute atomic E-state index is 13.1. The minimum absolute atomic E-state index is 0.146. The van der Waals surface area contributed by atoms with Gasteiger partial charge in [-0.2, -0.15) is 0 Å². The summed E-state index contributed by atoms with van der Waals surface area (Å²) in [5, 5.41) is 22.3. The first-order valence-electron chi connectivity index (χ1n) is 8.16. The van der Waals surface area contributed by atoms with Crippen molar-refractivity contribution in [3.63, 3.8) is 0 Å². The van der Waals surface area contributed by atoms with Crippen molar-refractivity contribution in [1.82, 2.24) is 4.98 Å². The van der Waals surface area contributed by atoms with Crippen molar-refractivity contribution < 1.29 is 14.6 Å². The molecule has 3 rings (SSSR count). The van der Waals surface area contributed by atoms with Gasteiger partial charge in [-0.3, -0.25) is 29.9 Å². The Bertz CT molecular complexity index is 993. The van der Waals surface area contributed by atoms with Crippen LogP contribution in [0.4, 0.5) is 17.2 Å². The highest BCUT2D eigenvalue weighted by Gasteiger charge is 2.25. The van der Waals surface area contributed by atoms with Crippen molar-refractivity contribution >= 4 is 23.1 Å². The van der Waals surface area contributed by atoms with Crippen LogP contribution in [0.15, 0.2) is 72.9 Å². The second-order valence-electron chi connectivity index (χ2n) is 5.82. The molecule has 0 bridgehead atoms. The van der Waals surface area contributed by atoms with Crippen molar-refractivity contribution in [1.29, 1.82) is 0 Å². The highest BCUT2D eigenvalue weighted by molar-refractivity contribution is 6.06. The number of pyridine rings is 1. The van der Waals surface area contributed by atoms with Crippen LogP contribution in [0.1, 0.15) is 15.9 Å². The molecule has 1 heterocycles. The lowest BCUT2D eigenvalue weighted by atomic mass is 10.1. The molecule has 1 amide bonds. The lowest BCUT2D eigenvalue weighted by molar-refractivity contribution is -0.394. The van der Waals surface area contributed by atoms with Crippen LogP contribution in [0.25, 0.3) is 0 Å². The largest absolute Gasteiger partial charge is 0.288 e. The third-order valence-corrected chi connectivity index (χ3v) is 3.93. The second-order valence-corrected chi connectivity index (χ2v) is 5.82. The summed E-state index contributed by atoms with van der Waals surface area (Å²) in [6.45, 7) is 0.146.